The molecule has 1 heterocycles. The normalized spacial score (nSPS) is 10.7. The molecule has 0 radical (unpaired) electrons. The van der Waals surface area contributed by atoms with E-state index in [-0.39, 0.29) is 0 Å². The number of unbranched alkanes of at least 4 members (excludes halogenated alkanes) is 1. The van der Waals surface area contributed by atoms with Crippen LogP contribution in [0.5, 0.6) is 0 Å². The van der Waals surface area contributed by atoms with Crippen LogP contribution in [0.3, 0.4) is 0 Å². The van der Waals surface area contributed by atoms with Gasteiger partial charge in [-0.2, -0.15) is 5.10 Å². The highest BCUT2D eigenvalue weighted by Crippen LogP contribution is 2.06. The standard InChI is InChI=1S/C13H21N3/c1-5-6-7-8-16-10-13(12(4)15-16)9-14-11(2)3/h1,10-11,14H,6-9H2,2-4H3. The predicted octanol–water partition coefficient (Wildman–Crippen LogP) is 2.10. The Bertz CT molecular complexity index is 358. The van der Waals surface area contributed by atoms with E-state index in [0.29, 0.717) is 6.04 Å². The third-order valence-electron chi connectivity index (χ3n) is 2.46. The van der Waals surface area contributed by atoms with E-state index in [1.807, 2.05) is 4.68 Å². The lowest BCUT2D eigenvalue weighted by molar-refractivity contribution is 0.578. The minimum Gasteiger partial charge on any atom is -0.310 e. The maximum atomic E-state index is 5.22. The van der Waals surface area contributed by atoms with E-state index in [1.54, 1.807) is 0 Å². The molecule has 1 aromatic rings. The summed E-state index contributed by atoms with van der Waals surface area (Å²) in [7, 11) is 0. The second-order valence-electron chi connectivity index (χ2n) is 4.35. The second-order valence-corrected chi connectivity index (χ2v) is 4.35. The molecule has 0 bridgehead atoms. The Morgan fingerprint density at radius 1 is 1.56 bits per heavy atom. The van der Waals surface area contributed by atoms with Gasteiger partial charge in [0.1, 0.15) is 0 Å². The molecule has 0 saturated heterocycles. The molecule has 0 spiro atoms. The summed E-state index contributed by atoms with van der Waals surface area (Å²) in [4.78, 5) is 0. The largest absolute Gasteiger partial charge is 0.310 e. The fourth-order valence-electron chi connectivity index (χ4n) is 1.50. The smallest absolute Gasteiger partial charge is 0.0638 e. The second kappa shape index (κ2) is 6.34. The molecule has 0 atom stereocenters. The summed E-state index contributed by atoms with van der Waals surface area (Å²) in [5, 5.41) is 7.87. The van der Waals surface area contributed by atoms with E-state index in [2.05, 4.69) is 43.3 Å². The molecule has 0 aliphatic heterocycles. The predicted molar refractivity (Wildman–Crippen MR) is 67.0 cm³/mol. The quantitative estimate of drug-likeness (QED) is 0.586. The number of terminal acetylenes is 1. The molecule has 0 aliphatic carbocycles. The Morgan fingerprint density at radius 3 is 2.94 bits per heavy atom. The van der Waals surface area contributed by atoms with Crippen LogP contribution in [0.25, 0.3) is 0 Å². The molecule has 0 aliphatic rings. The Balaban J connectivity index is 2.49. The van der Waals surface area contributed by atoms with E-state index >= 15 is 0 Å². The van der Waals surface area contributed by atoms with Gasteiger partial charge in [0, 0.05) is 37.3 Å². The van der Waals surface area contributed by atoms with Gasteiger partial charge in [0.25, 0.3) is 0 Å². The van der Waals surface area contributed by atoms with Gasteiger partial charge >= 0.3 is 0 Å². The monoisotopic (exact) mass is 219 g/mol. The molecule has 0 aromatic carbocycles. The zero-order chi connectivity index (χ0) is 12.0. The molecule has 3 heteroatoms. The van der Waals surface area contributed by atoms with Gasteiger partial charge in [-0.05, 0) is 13.3 Å². The zero-order valence-electron chi connectivity index (χ0n) is 10.5. The minimum atomic E-state index is 0.504. The van der Waals surface area contributed by atoms with Gasteiger partial charge in [-0.25, -0.2) is 0 Å². The molecule has 1 N–H and O–H groups in total. The number of hydrogen-bond acceptors (Lipinski definition) is 2. The molecule has 0 unspecified atom stereocenters. The van der Waals surface area contributed by atoms with E-state index < -0.39 is 0 Å². The lowest BCUT2D eigenvalue weighted by Crippen LogP contribution is -2.21. The Kier molecular flexibility index (Phi) is 5.07. The highest BCUT2D eigenvalue weighted by atomic mass is 15.3. The van der Waals surface area contributed by atoms with Crippen LogP contribution >= 0.6 is 0 Å². The molecule has 0 amide bonds. The van der Waals surface area contributed by atoms with Crippen molar-refractivity contribution in [2.24, 2.45) is 0 Å². The number of aromatic nitrogens is 2. The maximum Gasteiger partial charge on any atom is 0.0638 e. The third-order valence-corrected chi connectivity index (χ3v) is 2.46. The molecule has 3 nitrogen and oxygen atoms in total. The van der Waals surface area contributed by atoms with E-state index in [9.17, 15) is 0 Å². The van der Waals surface area contributed by atoms with Crippen LogP contribution in [0.1, 0.15) is 37.9 Å². The van der Waals surface area contributed by atoms with Crippen molar-refractivity contribution in [1.29, 1.82) is 0 Å². The molecule has 88 valence electrons. The van der Waals surface area contributed by atoms with Crippen LogP contribution in [0.15, 0.2) is 6.20 Å². The van der Waals surface area contributed by atoms with Gasteiger partial charge in [-0.3, -0.25) is 4.68 Å². The molecule has 1 rings (SSSR count). The van der Waals surface area contributed by atoms with Crippen molar-refractivity contribution in [2.75, 3.05) is 0 Å². The molecular formula is C13H21N3. The zero-order valence-corrected chi connectivity index (χ0v) is 10.5. The van der Waals surface area contributed by atoms with Crippen LogP contribution < -0.4 is 5.32 Å². The SMILES string of the molecule is C#CCCCn1cc(CNC(C)C)c(C)n1. The summed E-state index contributed by atoms with van der Waals surface area (Å²) in [5.74, 6) is 2.65. The average Bonchev–Trinajstić information content (AvgIpc) is 2.57. The lowest BCUT2D eigenvalue weighted by atomic mass is 10.2. The van der Waals surface area contributed by atoms with E-state index in [0.717, 1.165) is 31.6 Å². The van der Waals surface area contributed by atoms with Crippen molar-refractivity contribution < 1.29 is 0 Å². The van der Waals surface area contributed by atoms with Crippen LogP contribution in [-0.4, -0.2) is 15.8 Å². The summed E-state index contributed by atoms with van der Waals surface area (Å²) < 4.78 is 1.99. The maximum absolute atomic E-state index is 5.22. The Labute approximate surface area is 98.2 Å². The average molecular weight is 219 g/mol. The number of aryl methyl sites for hydroxylation is 2. The van der Waals surface area contributed by atoms with Gasteiger partial charge in [0.15, 0.2) is 0 Å². The Morgan fingerprint density at radius 2 is 2.31 bits per heavy atom. The van der Waals surface area contributed by atoms with Crippen molar-refractivity contribution >= 4 is 0 Å². The van der Waals surface area contributed by atoms with Crippen LogP contribution in [-0.2, 0) is 13.1 Å². The van der Waals surface area contributed by atoms with Gasteiger partial charge in [-0.1, -0.05) is 13.8 Å². The molecule has 0 fully saturated rings. The summed E-state index contributed by atoms with van der Waals surface area (Å²) in [6.07, 6.45) is 9.14. The van der Waals surface area contributed by atoms with Crippen LogP contribution in [0.4, 0.5) is 0 Å². The number of hydrogen-bond donors (Lipinski definition) is 1. The van der Waals surface area contributed by atoms with E-state index in [1.165, 1.54) is 5.56 Å². The van der Waals surface area contributed by atoms with Gasteiger partial charge in [0.05, 0.1) is 5.69 Å². The Hall–Kier alpha value is -1.27. The van der Waals surface area contributed by atoms with Crippen molar-refractivity contribution in [3.8, 4) is 12.3 Å². The van der Waals surface area contributed by atoms with Crippen molar-refractivity contribution in [3.63, 3.8) is 0 Å². The number of nitrogens with one attached hydrogen (secondary N) is 1. The molecular weight excluding hydrogens is 198 g/mol. The van der Waals surface area contributed by atoms with Gasteiger partial charge in [0.2, 0.25) is 0 Å². The van der Waals surface area contributed by atoms with Crippen molar-refractivity contribution in [2.45, 2.75) is 52.7 Å². The van der Waals surface area contributed by atoms with E-state index in [4.69, 9.17) is 6.42 Å². The van der Waals surface area contributed by atoms with Crippen molar-refractivity contribution in [1.82, 2.24) is 15.1 Å². The summed E-state index contributed by atoms with van der Waals surface area (Å²) in [5.41, 5.74) is 2.38. The minimum absolute atomic E-state index is 0.504. The molecule has 16 heavy (non-hydrogen) atoms. The van der Waals surface area contributed by atoms with Crippen LogP contribution in [0, 0.1) is 19.3 Å². The highest BCUT2D eigenvalue weighted by molar-refractivity contribution is 5.15. The lowest BCUT2D eigenvalue weighted by Gasteiger charge is -2.06. The summed E-state index contributed by atoms with van der Waals surface area (Å²) in [6, 6.07) is 0.504. The first-order valence-electron chi connectivity index (χ1n) is 5.83. The first kappa shape index (κ1) is 12.8. The third kappa shape index (κ3) is 4.08. The fraction of sp³-hybridized carbons (Fsp3) is 0.615. The molecule has 1 aromatic heterocycles. The number of nitrogens with zero attached hydrogens (tertiary/aromatic N) is 2. The first-order valence-corrected chi connectivity index (χ1v) is 5.83. The summed E-state index contributed by atoms with van der Waals surface area (Å²) in [6.45, 7) is 8.14. The van der Waals surface area contributed by atoms with Crippen LogP contribution in [0.2, 0.25) is 0 Å². The van der Waals surface area contributed by atoms with Gasteiger partial charge in [-0.15, -0.1) is 12.3 Å². The topological polar surface area (TPSA) is 29.9 Å². The number of rotatable bonds is 6. The fourth-order valence-corrected chi connectivity index (χ4v) is 1.50. The van der Waals surface area contributed by atoms with Crippen molar-refractivity contribution in [3.05, 3.63) is 17.5 Å². The first-order chi connectivity index (χ1) is 7.63. The van der Waals surface area contributed by atoms with Gasteiger partial charge < -0.3 is 5.32 Å². The molecule has 0 saturated carbocycles. The highest BCUT2D eigenvalue weighted by Gasteiger charge is 2.04. The summed E-state index contributed by atoms with van der Waals surface area (Å²) >= 11 is 0.